The Bertz CT molecular complexity index is 3200. The predicted molar refractivity (Wildman–Crippen MR) is 350 cm³/mol. The second-order valence-electron chi connectivity index (χ2n) is 31.2. The van der Waals surface area contributed by atoms with Crippen LogP contribution < -0.4 is 30.2 Å². The number of anilines is 1. The number of guanidine groups is 1. The highest BCUT2D eigenvalue weighted by atomic mass is 16.6. The molecule has 0 amide bonds. The molecule has 9 fully saturated rings. The van der Waals surface area contributed by atoms with Crippen LogP contribution >= 0.6 is 0 Å². The molecule has 13 nitrogen and oxygen atoms in total. The van der Waals surface area contributed by atoms with E-state index in [4.69, 9.17) is 23.9 Å². The lowest BCUT2D eigenvalue weighted by Crippen LogP contribution is -2.57. The van der Waals surface area contributed by atoms with Gasteiger partial charge in [-0.1, -0.05) is 107 Å². The molecule has 2 aromatic rings. The number of carbonyl (C=O) groups excluding carboxylic acids is 1. The van der Waals surface area contributed by atoms with E-state index in [1.54, 1.807) is 13.2 Å². The molecule has 1 saturated heterocycles. The number of aliphatic hydroxyl groups is 3. The van der Waals surface area contributed by atoms with Crippen molar-refractivity contribution in [3.05, 3.63) is 65.8 Å². The molecule has 0 aromatic heterocycles. The molecule has 14 rings (SSSR count). The van der Waals surface area contributed by atoms with E-state index in [1.807, 2.05) is 19.2 Å². The quantitative estimate of drug-likeness (QED) is 0.0836. The number of phenols is 1. The fourth-order valence-electron chi connectivity index (χ4n) is 22.8. The van der Waals surface area contributed by atoms with E-state index < -0.39 is 33.0 Å². The zero-order chi connectivity index (χ0) is 61.9. The second-order valence-corrected chi connectivity index (χ2v) is 31.2. The Morgan fingerprint density at radius 1 is 0.889 bits per heavy atom. The highest BCUT2D eigenvalue weighted by Gasteiger charge is 2.67. The topological polar surface area (TPSA) is 183 Å². The van der Waals surface area contributed by atoms with Gasteiger partial charge in [-0.05, 0) is 217 Å². The van der Waals surface area contributed by atoms with Crippen LogP contribution in [0.3, 0.4) is 0 Å². The number of nitrogens with zero attached hydrogens (tertiary/aromatic N) is 1. The lowest BCUT2D eigenvalue weighted by atomic mass is 9.45. The van der Waals surface area contributed by atoms with Crippen LogP contribution in [-0.2, 0) is 21.4 Å². The summed E-state index contributed by atoms with van der Waals surface area (Å²) in [6.45, 7) is 3.16. The summed E-state index contributed by atoms with van der Waals surface area (Å²) in [5, 5.41) is 57.0. The number of aromatic hydroxyl groups is 1. The van der Waals surface area contributed by atoms with Crippen LogP contribution in [0.2, 0.25) is 0 Å². The van der Waals surface area contributed by atoms with Gasteiger partial charge in [0.2, 0.25) is 11.7 Å². The third-order valence-corrected chi connectivity index (χ3v) is 26.7. The van der Waals surface area contributed by atoms with Crippen molar-refractivity contribution in [1.29, 1.82) is 0 Å². The Kier molecular flexibility index (Phi) is 17.6. The average molecular weight is 1230 g/mol. The number of hydrogen-bond donors (Lipinski definition) is 7. The van der Waals surface area contributed by atoms with Crippen molar-refractivity contribution in [1.82, 2.24) is 10.6 Å². The number of aliphatic imine (C=N–C) groups is 1. The predicted octanol–water partition coefficient (Wildman–Crippen LogP) is 13.2. The third-order valence-electron chi connectivity index (χ3n) is 26.7. The molecular formula is C77H104N4O9. The van der Waals surface area contributed by atoms with E-state index in [9.17, 15) is 20.4 Å². The van der Waals surface area contributed by atoms with Gasteiger partial charge in [0.1, 0.15) is 11.7 Å². The lowest BCUT2D eigenvalue weighted by molar-refractivity contribution is -0.308. The molecule has 3 heterocycles. The van der Waals surface area contributed by atoms with Crippen LogP contribution in [-0.4, -0.2) is 89.6 Å². The van der Waals surface area contributed by atoms with Gasteiger partial charge in [0.15, 0.2) is 28.8 Å². The van der Waals surface area contributed by atoms with Crippen molar-refractivity contribution in [2.45, 2.75) is 228 Å². The van der Waals surface area contributed by atoms with Gasteiger partial charge in [-0.25, -0.2) is 0 Å². The summed E-state index contributed by atoms with van der Waals surface area (Å²) in [6, 6.07) is 13.8. The summed E-state index contributed by atoms with van der Waals surface area (Å²) in [5.41, 5.74) is 0.0410. The minimum atomic E-state index is -1.40. The Balaban J connectivity index is 0.968. The molecule has 4 bridgehead atoms. The van der Waals surface area contributed by atoms with Crippen LogP contribution in [0.15, 0.2) is 59.6 Å². The molecule has 0 unspecified atom stereocenters. The number of allylic oxidation sites excluding steroid dienone is 3. The maximum atomic E-state index is 16.2. The number of ketones is 1. The number of methoxy groups -OCH3 is 1. The number of phenolic OH excluding ortho intramolecular Hbond substituents is 1. The summed E-state index contributed by atoms with van der Waals surface area (Å²) >= 11 is 0. The van der Waals surface area contributed by atoms with Gasteiger partial charge in [-0.2, -0.15) is 4.99 Å². The molecule has 2 aromatic carbocycles. The third kappa shape index (κ3) is 11.0. The Morgan fingerprint density at radius 3 is 2.54 bits per heavy atom. The van der Waals surface area contributed by atoms with Gasteiger partial charge in [0, 0.05) is 78.2 Å². The number of nitrogens with one attached hydrogen (secondary N) is 3. The van der Waals surface area contributed by atoms with Crippen molar-refractivity contribution < 1.29 is 44.2 Å². The van der Waals surface area contributed by atoms with Crippen LogP contribution in [0.4, 0.5) is 5.69 Å². The van der Waals surface area contributed by atoms with E-state index in [1.165, 1.54) is 18.4 Å². The van der Waals surface area contributed by atoms with Crippen molar-refractivity contribution in [3.63, 3.8) is 0 Å². The Labute approximate surface area is 536 Å². The highest BCUT2D eigenvalue weighted by molar-refractivity contribution is 5.97. The lowest BCUT2D eigenvalue weighted by Gasteiger charge is -2.59. The largest absolute Gasteiger partial charge is 0.504 e. The summed E-state index contributed by atoms with van der Waals surface area (Å²) in [6.07, 6.45) is 40.9. The monoisotopic (exact) mass is 1230 g/mol. The van der Waals surface area contributed by atoms with Crippen molar-refractivity contribution in [2.75, 3.05) is 39.2 Å². The maximum Gasteiger partial charge on any atom is 0.210 e. The number of hydrogen-bond acceptors (Lipinski definition) is 13. The summed E-state index contributed by atoms with van der Waals surface area (Å²) in [7, 11) is 3.63. The molecule has 0 radical (unpaired) electrons. The minimum Gasteiger partial charge on any atom is -0.504 e. The molecule has 486 valence electrons. The van der Waals surface area contributed by atoms with Gasteiger partial charge in [-0.15, -0.1) is 0 Å². The molecule has 9 aliphatic carbocycles. The Hall–Kier alpha value is -5.02. The van der Waals surface area contributed by atoms with E-state index in [0.29, 0.717) is 85.0 Å². The number of fused-ring (bicyclic) bond motifs is 13. The summed E-state index contributed by atoms with van der Waals surface area (Å²) < 4.78 is 28.1. The molecule has 3 aliphatic heterocycles. The van der Waals surface area contributed by atoms with Gasteiger partial charge < -0.3 is 55.3 Å². The first-order valence-electron chi connectivity index (χ1n) is 36.0. The highest BCUT2D eigenvalue weighted by Crippen LogP contribution is 2.70. The van der Waals surface area contributed by atoms with E-state index in [0.717, 1.165) is 165 Å². The smallest absolute Gasteiger partial charge is 0.210 e. The van der Waals surface area contributed by atoms with Gasteiger partial charge in [-0.3, -0.25) is 4.79 Å². The van der Waals surface area contributed by atoms with Gasteiger partial charge in [0.25, 0.3) is 0 Å². The van der Waals surface area contributed by atoms with Crippen molar-refractivity contribution in [2.24, 2.45) is 86.3 Å². The Morgan fingerprint density at radius 2 is 1.73 bits per heavy atom. The standard InChI is InChI=1S/C77H104N4O9/c1-4-50-21-25-58-59(19-14-37-82)61-20-12-33-76(61)56-42-63(81-71(80-57-17-7-5-8-18-57)79-36-13-16-54-15-11-32-75(54,68(85)28-26-62(76)60(58)39-50)44-51-22-27-64(84)65(40-51)87-3)70-66(43-56)89-74(49-78-2)45-67(72(35-38-88-70)30-9-6-10-31-72)73(47-74)34-29-55-41-52-23-24-53(46-83)69(52)90-77(55,86)48-73/h22,26-29,34,40,42-43,50,52-55,57-62,67,69,78,82-84,86H,4-12,14-21,23-25,30-33,37,39,41,44-49H2,1-3H3,(H2,79,80,81)/b28-26+/t50-,52-,53-,54-,55+,58+,59+,60+,61-,62-,67+,69+,73+,74+,75+,76+,77-/m1/s1. The number of likely N-dealkylation sites (N-methyl/N-ethyl adjacent to an activating group) is 1. The molecule has 7 N–H and O–H groups in total. The normalized spacial score (nSPS) is 40.2. The fraction of sp³-hybridized carbons (Fsp3) is 0.714. The fourth-order valence-corrected chi connectivity index (χ4v) is 22.8. The first-order chi connectivity index (χ1) is 43.8. The number of rotatable bonds is 11. The van der Waals surface area contributed by atoms with Crippen LogP contribution in [0, 0.1) is 105 Å². The summed E-state index contributed by atoms with van der Waals surface area (Å²) in [5.74, 6) is 10.8. The summed E-state index contributed by atoms with van der Waals surface area (Å²) in [4.78, 5) is 21.4. The zero-order valence-corrected chi connectivity index (χ0v) is 54.3. The van der Waals surface area contributed by atoms with Gasteiger partial charge in [0.05, 0.1) is 18.9 Å². The van der Waals surface area contributed by atoms with E-state index >= 15 is 4.79 Å². The second kappa shape index (κ2) is 25.4. The zero-order valence-electron chi connectivity index (χ0n) is 54.3. The van der Waals surface area contributed by atoms with Crippen LogP contribution in [0.5, 0.6) is 23.0 Å². The molecule has 8 saturated carbocycles. The van der Waals surface area contributed by atoms with E-state index in [-0.39, 0.29) is 72.4 Å². The average Bonchev–Trinajstić information content (AvgIpc) is 1.39. The van der Waals surface area contributed by atoms with Crippen molar-refractivity contribution in [3.8, 4) is 47.0 Å². The van der Waals surface area contributed by atoms with Crippen molar-refractivity contribution >= 4 is 17.4 Å². The maximum absolute atomic E-state index is 16.2. The minimum absolute atomic E-state index is 0.0136. The van der Waals surface area contributed by atoms with E-state index in [2.05, 4.69) is 83.3 Å². The first kappa shape index (κ1) is 62.4. The number of aliphatic hydroxyl groups excluding tert-OH is 2. The molecule has 12 aliphatic rings. The number of ether oxygens (including phenoxy) is 4. The number of benzene rings is 2. The SMILES string of the molecule is CC[C@@H]1CC[C@@H]2[C@H](C1)[C@H]1/C=C/C(=O)[C@]3(Cc4ccc(O)c(OC)c4)CCC[C@@H]3CC#CN=C(NC3CCCCC3)Nc3cc(cc4c3OC#CC3(CCCCC3)[C@@H]3C[C@@](CNC)(C[C@]35C=C[C@H]3C[C@H]6CC[C@H](CO)[C@H]6O[C@]3(O)C5)O4)[C@]13CCC[C@@H]3[C@H]2CCCO. The first-order valence-corrected chi connectivity index (χ1v) is 36.0. The molecular weight excluding hydrogens is 1120 g/mol. The van der Waals surface area contributed by atoms with Crippen LogP contribution in [0.1, 0.15) is 204 Å². The van der Waals surface area contributed by atoms with Crippen LogP contribution in [0.25, 0.3) is 0 Å². The number of carbonyl (C=O) groups is 1. The molecule has 17 atom stereocenters. The molecule has 90 heavy (non-hydrogen) atoms. The molecule has 13 heteroatoms. The van der Waals surface area contributed by atoms with Gasteiger partial charge >= 0.3 is 0 Å². The molecule has 3 spiro atoms.